The number of rotatable bonds is 5. The molecule has 6 nitrogen and oxygen atoms in total. The Labute approximate surface area is 207 Å². The zero-order valence-corrected chi connectivity index (χ0v) is 20.6. The van der Waals surface area contributed by atoms with Crippen molar-refractivity contribution >= 4 is 66.1 Å². The zero-order chi connectivity index (χ0) is 20.2. The van der Waals surface area contributed by atoms with Crippen molar-refractivity contribution in [1.29, 1.82) is 0 Å². The van der Waals surface area contributed by atoms with Crippen LogP contribution in [0.1, 0.15) is 37.6 Å². The minimum Gasteiger partial charge on any atom is -0.497 e. The van der Waals surface area contributed by atoms with Gasteiger partial charge < -0.3 is 15.8 Å². The Hall–Kier alpha value is -2.12. The van der Waals surface area contributed by atoms with Gasteiger partial charge in [-0.2, -0.15) is 0 Å². The molecule has 4 rings (SSSR count). The van der Waals surface area contributed by atoms with Crippen LogP contribution in [0.3, 0.4) is 0 Å². The van der Waals surface area contributed by atoms with Crippen molar-refractivity contribution in [2.75, 3.05) is 12.4 Å². The highest BCUT2D eigenvalue weighted by Gasteiger charge is 2.26. The highest BCUT2D eigenvalue weighted by Crippen LogP contribution is 2.30. The average molecular weight is 499 g/mol. The molecule has 174 valence electrons. The SMILES string of the molecule is COc1ccc2nc(/C=C/c3cccnc3)nc(NC3CCC(N)CC3C)c2c1.Cl.Cl.Cl. The van der Waals surface area contributed by atoms with E-state index in [1.807, 2.05) is 48.7 Å². The van der Waals surface area contributed by atoms with Crippen LogP contribution in [0.25, 0.3) is 23.1 Å². The summed E-state index contributed by atoms with van der Waals surface area (Å²) in [4.78, 5) is 13.7. The lowest BCUT2D eigenvalue weighted by atomic mass is 9.83. The van der Waals surface area contributed by atoms with Gasteiger partial charge in [0.1, 0.15) is 11.6 Å². The van der Waals surface area contributed by atoms with E-state index in [0.29, 0.717) is 23.8 Å². The fourth-order valence-electron chi connectivity index (χ4n) is 3.91. The molecule has 3 aromatic rings. The Morgan fingerprint density at radius 1 is 1.09 bits per heavy atom. The van der Waals surface area contributed by atoms with Gasteiger partial charge in [0, 0.05) is 29.9 Å². The molecule has 9 heteroatoms. The molecule has 2 aromatic heterocycles. The van der Waals surface area contributed by atoms with E-state index in [-0.39, 0.29) is 37.2 Å². The summed E-state index contributed by atoms with van der Waals surface area (Å²) in [5.74, 6) is 2.78. The quantitative estimate of drug-likeness (QED) is 0.490. The van der Waals surface area contributed by atoms with Crippen molar-refractivity contribution in [2.24, 2.45) is 11.7 Å². The van der Waals surface area contributed by atoms with Crippen LogP contribution in [-0.2, 0) is 0 Å². The van der Waals surface area contributed by atoms with Gasteiger partial charge in [0.05, 0.1) is 12.6 Å². The van der Waals surface area contributed by atoms with Crippen LogP contribution in [0.15, 0.2) is 42.7 Å². The highest BCUT2D eigenvalue weighted by molar-refractivity contribution is 5.91. The van der Waals surface area contributed by atoms with Crippen LogP contribution < -0.4 is 15.8 Å². The number of methoxy groups -OCH3 is 1. The predicted octanol–water partition coefficient (Wildman–Crippen LogP) is 5.40. The Balaban J connectivity index is 0.00000171. The zero-order valence-electron chi connectivity index (χ0n) is 18.1. The van der Waals surface area contributed by atoms with Gasteiger partial charge in [0.15, 0.2) is 5.82 Å². The second-order valence-electron chi connectivity index (χ2n) is 7.73. The van der Waals surface area contributed by atoms with Crippen LogP contribution in [-0.4, -0.2) is 34.1 Å². The molecule has 0 aliphatic heterocycles. The average Bonchev–Trinajstić information content (AvgIpc) is 2.74. The fourth-order valence-corrected chi connectivity index (χ4v) is 3.91. The predicted molar refractivity (Wildman–Crippen MR) is 139 cm³/mol. The highest BCUT2D eigenvalue weighted by atomic mass is 35.5. The second kappa shape index (κ2) is 12.8. The third kappa shape index (κ3) is 6.69. The van der Waals surface area contributed by atoms with E-state index in [4.69, 9.17) is 20.4 Å². The number of aromatic nitrogens is 3. The molecule has 0 spiro atoms. The lowest BCUT2D eigenvalue weighted by molar-refractivity contribution is 0.314. The Morgan fingerprint density at radius 3 is 2.59 bits per heavy atom. The van der Waals surface area contributed by atoms with Crippen LogP contribution in [0.2, 0.25) is 0 Å². The Morgan fingerprint density at radius 2 is 1.91 bits per heavy atom. The largest absolute Gasteiger partial charge is 0.497 e. The van der Waals surface area contributed by atoms with Gasteiger partial charge in [-0.15, -0.1) is 37.2 Å². The maximum Gasteiger partial charge on any atom is 0.154 e. The maximum atomic E-state index is 6.14. The van der Waals surface area contributed by atoms with Crippen molar-refractivity contribution in [2.45, 2.75) is 38.3 Å². The molecule has 1 fully saturated rings. The summed E-state index contributed by atoms with van der Waals surface area (Å²) in [6.45, 7) is 2.25. The number of hydrogen-bond acceptors (Lipinski definition) is 6. The van der Waals surface area contributed by atoms with Gasteiger partial charge in [-0.05, 0) is 67.2 Å². The summed E-state index contributed by atoms with van der Waals surface area (Å²) < 4.78 is 5.42. The number of nitrogens with two attached hydrogens (primary N) is 1. The summed E-state index contributed by atoms with van der Waals surface area (Å²) in [5, 5.41) is 4.64. The van der Waals surface area contributed by atoms with Crippen LogP contribution in [0, 0.1) is 5.92 Å². The molecule has 1 aliphatic rings. The number of ether oxygens (including phenoxy) is 1. The molecule has 0 amide bonds. The van der Waals surface area contributed by atoms with E-state index in [1.165, 1.54) is 0 Å². The van der Waals surface area contributed by atoms with E-state index in [2.05, 4.69) is 17.2 Å². The summed E-state index contributed by atoms with van der Waals surface area (Å²) in [7, 11) is 1.67. The first-order chi connectivity index (χ1) is 14.1. The normalized spacial score (nSPS) is 20.0. The monoisotopic (exact) mass is 497 g/mol. The van der Waals surface area contributed by atoms with Gasteiger partial charge >= 0.3 is 0 Å². The molecule has 1 aliphatic carbocycles. The molecule has 0 saturated heterocycles. The molecule has 1 aromatic carbocycles. The first kappa shape index (κ1) is 27.9. The molecule has 3 unspecified atom stereocenters. The van der Waals surface area contributed by atoms with Crippen LogP contribution in [0.5, 0.6) is 5.75 Å². The minimum atomic E-state index is 0. The summed E-state index contributed by atoms with van der Waals surface area (Å²) in [6, 6.07) is 10.4. The number of benzene rings is 1. The van der Waals surface area contributed by atoms with E-state index in [9.17, 15) is 0 Å². The Kier molecular flexibility index (Phi) is 11.2. The topological polar surface area (TPSA) is 86.0 Å². The molecule has 3 atom stereocenters. The van der Waals surface area contributed by atoms with Crippen molar-refractivity contribution in [3.8, 4) is 5.75 Å². The molecule has 3 N–H and O–H groups in total. The lowest BCUT2D eigenvalue weighted by Crippen LogP contribution is -2.39. The van der Waals surface area contributed by atoms with E-state index >= 15 is 0 Å². The number of nitrogens with one attached hydrogen (secondary N) is 1. The third-order valence-corrected chi connectivity index (χ3v) is 5.56. The van der Waals surface area contributed by atoms with Gasteiger partial charge in [0.2, 0.25) is 0 Å². The third-order valence-electron chi connectivity index (χ3n) is 5.56. The molecule has 2 heterocycles. The first-order valence-electron chi connectivity index (χ1n) is 10.1. The molecule has 0 radical (unpaired) electrons. The van der Waals surface area contributed by atoms with Gasteiger partial charge in [-0.25, -0.2) is 9.97 Å². The van der Waals surface area contributed by atoms with Gasteiger partial charge in [-0.3, -0.25) is 4.98 Å². The molecular formula is C23H30Cl3N5O. The van der Waals surface area contributed by atoms with Crippen LogP contribution >= 0.6 is 37.2 Å². The summed E-state index contributed by atoms with van der Waals surface area (Å²) in [6.07, 6.45) is 10.6. The van der Waals surface area contributed by atoms with Gasteiger partial charge in [-0.1, -0.05) is 13.0 Å². The maximum absolute atomic E-state index is 6.14. The lowest BCUT2D eigenvalue weighted by Gasteiger charge is -2.33. The summed E-state index contributed by atoms with van der Waals surface area (Å²) >= 11 is 0. The van der Waals surface area contributed by atoms with E-state index in [1.54, 1.807) is 13.3 Å². The fraction of sp³-hybridized carbons (Fsp3) is 0.348. The number of anilines is 1. The van der Waals surface area contributed by atoms with E-state index in [0.717, 1.165) is 47.3 Å². The molecular weight excluding hydrogens is 469 g/mol. The van der Waals surface area contributed by atoms with Gasteiger partial charge in [0.25, 0.3) is 0 Å². The van der Waals surface area contributed by atoms with Crippen LogP contribution in [0.4, 0.5) is 5.82 Å². The second-order valence-corrected chi connectivity index (χ2v) is 7.73. The first-order valence-corrected chi connectivity index (χ1v) is 10.1. The van der Waals surface area contributed by atoms with Crippen molar-refractivity contribution in [3.05, 3.63) is 54.1 Å². The number of nitrogens with zero attached hydrogens (tertiary/aromatic N) is 3. The minimum absolute atomic E-state index is 0. The molecule has 0 bridgehead atoms. The van der Waals surface area contributed by atoms with Crippen molar-refractivity contribution in [3.63, 3.8) is 0 Å². The van der Waals surface area contributed by atoms with Crippen molar-refractivity contribution < 1.29 is 4.74 Å². The number of halogens is 3. The smallest absolute Gasteiger partial charge is 0.154 e. The standard InChI is InChI=1S/C23H27N5O.3ClH/c1-15-12-17(24)6-8-20(15)27-23-19-13-18(29-2)7-9-21(19)26-22(28-23)10-5-16-4-3-11-25-14-16;;;/h3-5,7,9-11,13-15,17,20H,6,8,12,24H2,1-2H3,(H,26,27,28);3*1H/b10-5+;;;. The van der Waals surface area contributed by atoms with Crippen molar-refractivity contribution in [1.82, 2.24) is 15.0 Å². The number of pyridine rings is 1. The Bertz CT molecular complexity index is 1020. The summed E-state index contributed by atoms with van der Waals surface area (Å²) in [5.41, 5.74) is 8.04. The van der Waals surface area contributed by atoms with E-state index < -0.39 is 0 Å². The number of hydrogen-bond donors (Lipinski definition) is 2. The molecule has 32 heavy (non-hydrogen) atoms. The molecule has 1 saturated carbocycles. The number of fused-ring (bicyclic) bond motifs is 1.